The van der Waals surface area contributed by atoms with Crippen LogP contribution in [0.3, 0.4) is 0 Å². The third-order valence-electron chi connectivity index (χ3n) is 4.25. The smallest absolute Gasteiger partial charge is 0.123 e. The fraction of sp³-hybridized carbons (Fsp3) is 0.182. The van der Waals surface area contributed by atoms with Gasteiger partial charge in [-0.2, -0.15) is 0 Å². The summed E-state index contributed by atoms with van der Waals surface area (Å²) in [5.74, 6) is -0.218. The van der Waals surface area contributed by atoms with Crippen molar-refractivity contribution in [3.05, 3.63) is 94.8 Å². The molecule has 3 aromatic rings. The van der Waals surface area contributed by atoms with Crippen molar-refractivity contribution in [3.63, 3.8) is 0 Å². The number of hydrogen-bond acceptors (Lipinski definition) is 1. The SMILES string of the molecule is Cc1ccc(CCc2ccc(C)c(Nc3ccc(F)cc3)c2)cc1. The van der Waals surface area contributed by atoms with Crippen LogP contribution in [-0.2, 0) is 12.8 Å². The lowest BCUT2D eigenvalue weighted by molar-refractivity contribution is 0.628. The maximum atomic E-state index is 13.0. The minimum absolute atomic E-state index is 0.218. The molecule has 0 aromatic heterocycles. The predicted octanol–water partition coefficient (Wildman–Crippen LogP) is 5.97. The van der Waals surface area contributed by atoms with Crippen LogP contribution >= 0.6 is 0 Å². The van der Waals surface area contributed by atoms with Crippen molar-refractivity contribution in [3.8, 4) is 0 Å². The molecule has 0 fully saturated rings. The summed E-state index contributed by atoms with van der Waals surface area (Å²) in [6.45, 7) is 4.19. The van der Waals surface area contributed by atoms with Gasteiger partial charge in [0.2, 0.25) is 0 Å². The highest BCUT2D eigenvalue weighted by molar-refractivity contribution is 5.63. The van der Waals surface area contributed by atoms with Crippen LogP contribution in [-0.4, -0.2) is 0 Å². The van der Waals surface area contributed by atoms with E-state index in [1.54, 1.807) is 12.1 Å². The van der Waals surface area contributed by atoms with Crippen molar-refractivity contribution < 1.29 is 4.39 Å². The lowest BCUT2D eigenvalue weighted by Gasteiger charge is -2.12. The van der Waals surface area contributed by atoms with E-state index in [1.165, 1.54) is 34.4 Å². The van der Waals surface area contributed by atoms with Gasteiger partial charge in [-0.25, -0.2) is 4.39 Å². The first-order valence-corrected chi connectivity index (χ1v) is 8.28. The minimum Gasteiger partial charge on any atom is -0.355 e. The zero-order chi connectivity index (χ0) is 16.9. The van der Waals surface area contributed by atoms with E-state index in [9.17, 15) is 4.39 Å². The number of rotatable bonds is 5. The largest absolute Gasteiger partial charge is 0.355 e. The van der Waals surface area contributed by atoms with Crippen molar-refractivity contribution in [2.75, 3.05) is 5.32 Å². The van der Waals surface area contributed by atoms with Gasteiger partial charge in [0.1, 0.15) is 5.82 Å². The number of benzene rings is 3. The Bertz CT molecular complexity index is 804. The molecule has 0 saturated carbocycles. The summed E-state index contributed by atoms with van der Waals surface area (Å²) in [5.41, 5.74) is 7.09. The van der Waals surface area contributed by atoms with Crippen molar-refractivity contribution in [1.29, 1.82) is 0 Å². The van der Waals surface area contributed by atoms with Crippen LogP contribution in [0.1, 0.15) is 22.3 Å². The maximum Gasteiger partial charge on any atom is 0.123 e. The monoisotopic (exact) mass is 319 g/mol. The molecule has 0 spiro atoms. The molecule has 3 aromatic carbocycles. The van der Waals surface area contributed by atoms with Gasteiger partial charge < -0.3 is 5.32 Å². The van der Waals surface area contributed by atoms with Crippen molar-refractivity contribution >= 4 is 11.4 Å². The normalized spacial score (nSPS) is 10.6. The van der Waals surface area contributed by atoms with Gasteiger partial charge in [0.25, 0.3) is 0 Å². The van der Waals surface area contributed by atoms with Crippen LogP contribution < -0.4 is 5.32 Å². The lowest BCUT2D eigenvalue weighted by Crippen LogP contribution is -1.97. The zero-order valence-corrected chi connectivity index (χ0v) is 14.1. The summed E-state index contributed by atoms with van der Waals surface area (Å²) in [6.07, 6.45) is 2.03. The fourth-order valence-corrected chi connectivity index (χ4v) is 2.69. The van der Waals surface area contributed by atoms with E-state index in [2.05, 4.69) is 61.6 Å². The number of anilines is 2. The molecule has 1 N–H and O–H groups in total. The van der Waals surface area contributed by atoms with Crippen LogP contribution in [0.4, 0.5) is 15.8 Å². The molecule has 0 aliphatic rings. The fourth-order valence-electron chi connectivity index (χ4n) is 2.69. The first-order valence-electron chi connectivity index (χ1n) is 8.28. The Balaban J connectivity index is 1.71. The second-order valence-corrected chi connectivity index (χ2v) is 6.27. The van der Waals surface area contributed by atoms with E-state index in [0.29, 0.717) is 0 Å². The summed E-state index contributed by atoms with van der Waals surface area (Å²) in [7, 11) is 0. The van der Waals surface area contributed by atoms with E-state index in [4.69, 9.17) is 0 Å². The van der Waals surface area contributed by atoms with Crippen molar-refractivity contribution in [2.24, 2.45) is 0 Å². The van der Waals surface area contributed by atoms with Gasteiger partial charge in [-0.15, -0.1) is 0 Å². The molecule has 24 heavy (non-hydrogen) atoms. The summed E-state index contributed by atoms with van der Waals surface area (Å²) in [5, 5.41) is 3.38. The van der Waals surface area contributed by atoms with Gasteiger partial charge in [0, 0.05) is 11.4 Å². The quantitative estimate of drug-likeness (QED) is 0.611. The first-order chi connectivity index (χ1) is 11.6. The van der Waals surface area contributed by atoms with Gasteiger partial charge in [-0.3, -0.25) is 0 Å². The van der Waals surface area contributed by atoms with Crippen molar-refractivity contribution in [2.45, 2.75) is 26.7 Å². The topological polar surface area (TPSA) is 12.0 Å². The Morgan fingerprint density at radius 3 is 2.08 bits per heavy atom. The average molecular weight is 319 g/mol. The van der Waals surface area contributed by atoms with Gasteiger partial charge in [-0.05, 0) is 73.7 Å². The highest BCUT2D eigenvalue weighted by atomic mass is 19.1. The van der Waals surface area contributed by atoms with Crippen LogP contribution in [0.2, 0.25) is 0 Å². The van der Waals surface area contributed by atoms with Gasteiger partial charge in [0.05, 0.1) is 0 Å². The number of hydrogen-bond donors (Lipinski definition) is 1. The number of aryl methyl sites for hydroxylation is 4. The summed E-state index contributed by atoms with van der Waals surface area (Å²) >= 11 is 0. The van der Waals surface area contributed by atoms with Crippen LogP contribution in [0.25, 0.3) is 0 Å². The highest BCUT2D eigenvalue weighted by Crippen LogP contribution is 2.23. The molecule has 0 radical (unpaired) electrons. The summed E-state index contributed by atoms with van der Waals surface area (Å²) < 4.78 is 13.0. The zero-order valence-electron chi connectivity index (χ0n) is 14.1. The third kappa shape index (κ3) is 4.23. The average Bonchev–Trinajstić information content (AvgIpc) is 2.59. The molecule has 2 heteroatoms. The van der Waals surface area contributed by atoms with Crippen molar-refractivity contribution in [1.82, 2.24) is 0 Å². The number of nitrogens with one attached hydrogen (secondary N) is 1. The van der Waals surface area contributed by atoms with Crippen LogP contribution in [0, 0.1) is 19.7 Å². The van der Waals surface area contributed by atoms with E-state index in [1.807, 2.05) is 0 Å². The maximum absolute atomic E-state index is 13.0. The van der Waals surface area contributed by atoms with Crippen LogP contribution in [0.15, 0.2) is 66.7 Å². The molecule has 0 bridgehead atoms. The van der Waals surface area contributed by atoms with E-state index in [0.717, 1.165) is 24.2 Å². The van der Waals surface area contributed by atoms with Gasteiger partial charge in [-0.1, -0.05) is 42.0 Å². The number of halogens is 1. The Morgan fingerprint density at radius 2 is 1.38 bits per heavy atom. The van der Waals surface area contributed by atoms with Gasteiger partial charge >= 0.3 is 0 Å². The standard InChI is InChI=1S/C22H22FN/c1-16-3-6-18(7-4-16)9-10-19-8-5-17(2)22(15-19)24-21-13-11-20(23)12-14-21/h3-8,11-15,24H,9-10H2,1-2H3. The Morgan fingerprint density at radius 1 is 0.750 bits per heavy atom. The first kappa shape index (κ1) is 16.3. The third-order valence-corrected chi connectivity index (χ3v) is 4.25. The van der Waals surface area contributed by atoms with Crippen LogP contribution in [0.5, 0.6) is 0 Å². The molecule has 1 nitrogen and oxygen atoms in total. The molecule has 0 heterocycles. The molecule has 122 valence electrons. The Hall–Kier alpha value is -2.61. The molecule has 3 rings (SSSR count). The highest BCUT2D eigenvalue weighted by Gasteiger charge is 2.03. The molecule has 0 amide bonds. The second-order valence-electron chi connectivity index (χ2n) is 6.27. The molecule has 0 unspecified atom stereocenters. The van der Waals surface area contributed by atoms with E-state index < -0.39 is 0 Å². The Kier molecular flexibility index (Phi) is 4.95. The van der Waals surface area contributed by atoms with Gasteiger partial charge in [0.15, 0.2) is 0 Å². The lowest BCUT2D eigenvalue weighted by atomic mass is 10.0. The molecule has 0 atom stereocenters. The summed E-state index contributed by atoms with van der Waals surface area (Å²) in [6, 6.07) is 21.7. The Labute approximate surface area is 143 Å². The molecule has 0 aliphatic heterocycles. The predicted molar refractivity (Wildman–Crippen MR) is 99.4 cm³/mol. The molecular weight excluding hydrogens is 297 g/mol. The second kappa shape index (κ2) is 7.31. The van der Waals surface area contributed by atoms with E-state index in [-0.39, 0.29) is 5.82 Å². The molecule has 0 aliphatic carbocycles. The molecule has 0 saturated heterocycles. The minimum atomic E-state index is -0.218. The van der Waals surface area contributed by atoms with E-state index >= 15 is 0 Å². The summed E-state index contributed by atoms with van der Waals surface area (Å²) in [4.78, 5) is 0. The molecular formula is C22H22FN.